The third-order valence-corrected chi connectivity index (χ3v) is 6.35. The van der Waals surface area contributed by atoms with Crippen LogP contribution in [-0.4, -0.2) is 14.7 Å². The lowest BCUT2D eigenvalue weighted by Crippen LogP contribution is -2.30. The Labute approximate surface area is 175 Å². The molecule has 0 bridgehead atoms. The first-order valence-electron chi connectivity index (χ1n) is 10.2. The van der Waals surface area contributed by atoms with Gasteiger partial charge in [-0.3, -0.25) is 4.98 Å². The third kappa shape index (κ3) is 3.31. The van der Waals surface area contributed by atoms with E-state index < -0.39 is 0 Å². The zero-order chi connectivity index (χ0) is 19.8. The molecule has 3 aromatic rings. The van der Waals surface area contributed by atoms with E-state index in [1.54, 1.807) is 12.1 Å². The van der Waals surface area contributed by atoms with Gasteiger partial charge >= 0.3 is 0 Å². The monoisotopic (exact) mass is 406 g/mol. The van der Waals surface area contributed by atoms with E-state index in [0.29, 0.717) is 11.2 Å². The van der Waals surface area contributed by atoms with Crippen molar-refractivity contribution in [2.75, 3.05) is 4.90 Å². The first kappa shape index (κ1) is 18.3. The number of anilines is 1. The topological polar surface area (TPSA) is 33.1 Å². The molecule has 0 unspecified atom stereocenters. The number of thiocarbonyl (C=S) groups is 1. The summed E-state index contributed by atoms with van der Waals surface area (Å²) in [4.78, 5) is 6.71. The van der Waals surface area contributed by atoms with Crippen molar-refractivity contribution in [3.8, 4) is 0 Å². The summed E-state index contributed by atoms with van der Waals surface area (Å²) in [5.74, 6) is -0.251. The molecule has 2 atom stereocenters. The average Bonchev–Trinajstić information content (AvgIpc) is 3.48. The van der Waals surface area contributed by atoms with E-state index in [1.165, 1.54) is 43.5 Å². The average molecular weight is 407 g/mol. The van der Waals surface area contributed by atoms with Crippen LogP contribution in [0, 0.1) is 5.82 Å². The summed E-state index contributed by atoms with van der Waals surface area (Å²) in [5, 5.41) is 4.11. The van der Waals surface area contributed by atoms with E-state index in [2.05, 4.69) is 38.1 Å². The molecule has 1 aromatic carbocycles. The predicted molar refractivity (Wildman–Crippen MR) is 116 cm³/mol. The molecule has 148 valence electrons. The van der Waals surface area contributed by atoms with Gasteiger partial charge in [-0.25, -0.2) is 4.39 Å². The molecule has 5 rings (SSSR count). The van der Waals surface area contributed by atoms with Gasteiger partial charge in [0.1, 0.15) is 11.9 Å². The first-order valence-corrected chi connectivity index (χ1v) is 10.6. The van der Waals surface area contributed by atoms with Crippen molar-refractivity contribution < 1.29 is 4.39 Å². The Bertz CT molecular complexity index is 995. The van der Waals surface area contributed by atoms with Crippen molar-refractivity contribution in [2.24, 2.45) is 0 Å². The second-order valence-electron chi connectivity index (χ2n) is 7.75. The molecule has 1 N–H and O–H groups in total. The highest BCUT2D eigenvalue weighted by Gasteiger charge is 2.42. The summed E-state index contributed by atoms with van der Waals surface area (Å²) in [5.41, 5.74) is 3.04. The van der Waals surface area contributed by atoms with E-state index in [4.69, 9.17) is 12.2 Å². The number of nitrogens with one attached hydrogen (secondary N) is 1. The number of hydrogen-bond donors (Lipinski definition) is 1. The van der Waals surface area contributed by atoms with Crippen LogP contribution in [0.1, 0.15) is 55.2 Å². The molecule has 1 aliphatic carbocycles. The normalized spacial score (nSPS) is 22.2. The molecular weight excluding hydrogens is 383 g/mol. The van der Waals surface area contributed by atoms with Crippen LogP contribution in [0.2, 0.25) is 0 Å². The molecule has 1 saturated heterocycles. The number of pyridine rings is 1. The van der Waals surface area contributed by atoms with E-state index in [9.17, 15) is 4.39 Å². The van der Waals surface area contributed by atoms with Crippen molar-refractivity contribution >= 4 is 23.0 Å². The lowest BCUT2D eigenvalue weighted by Gasteiger charge is -2.30. The van der Waals surface area contributed by atoms with E-state index in [0.717, 1.165) is 11.4 Å². The maximum absolute atomic E-state index is 13.6. The molecule has 1 aliphatic heterocycles. The van der Waals surface area contributed by atoms with Crippen LogP contribution in [0.3, 0.4) is 0 Å². The summed E-state index contributed by atoms with van der Waals surface area (Å²) >= 11 is 5.75. The molecule has 1 saturated carbocycles. The minimum absolute atomic E-state index is 0.0570. The standard InChI is InChI=1S/C23H23FN4S/c24-16-10-12-18(13-11-16)28-22(20-9-5-15-27(20)17-6-1-2-7-17)21(26-23(28)29)19-8-3-4-14-25-19/h3-5,8-15,17,21-22H,1-2,6-7H2,(H,26,29)/t21-,22+/m0/s1. The smallest absolute Gasteiger partial charge is 0.174 e. The van der Waals surface area contributed by atoms with Gasteiger partial charge in [0, 0.05) is 29.8 Å². The maximum Gasteiger partial charge on any atom is 0.174 e. The van der Waals surface area contributed by atoms with Gasteiger partial charge in [0.25, 0.3) is 0 Å². The Morgan fingerprint density at radius 1 is 1.00 bits per heavy atom. The highest BCUT2D eigenvalue weighted by Crippen LogP contribution is 2.43. The first-order chi connectivity index (χ1) is 14.2. The van der Waals surface area contributed by atoms with E-state index in [-0.39, 0.29) is 17.9 Å². The summed E-state index contributed by atoms with van der Waals surface area (Å²) < 4.78 is 16.0. The molecule has 0 radical (unpaired) electrons. The molecule has 29 heavy (non-hydrogen) atoms. The van der Waals surface area contributed by atoms with Crippen molar-refractivity contribution in [1.29, 1.82) is 0 Å². The van der Waals surface area contributed by atoms with Crippen LogP contribution >= 0.6 is 12.2 Å². The van der Waals surface area contributed by atoms with Crippen LogP contribution in [-0.2, 0) is 0 Å². The molecule has 6 heteroatoms. The van der Waals surface area contributed by atoms with Gasteiger partial charge in [0.2, 0.25) is 0 Å². The molecule has 4 nitrogen and oxygen atoms in total. The van der Waals surface area contributed by atoms with Crippen LogP contribution in [0.5, 0.6) is 0 Å². The zero-order valence-electron chi connectivity index (χ0n) is 16.0. The molecule has 0 amide bonds. The van der Waals surface area contributed by atoms with Crippen LogP contribution in [0.15, 0.2) is 67.0 Å². The summed E-state index contributed by atoms with van der Waals surface area (Å²) in [6.45, 7) is 0. The lowest BCUT2D eigenvalue weighted by atomic mass is 10.00. The second-order valence-corrected chi connectivity index (χ2v) is 8.14. The Balaban J connectivity index is 1.62. The number of aromatic nitrogens is 2. The Morgan fingerprint density at radius 3 is 2.52 bits per heavy atom. The Morgan fingerprint density at radius 2 is 1.79 bits per heavy atom. The fourth-order valence-electron chi connectivity index (χ4n) is 4.71. The molecular formula is C23H23FN4S. The fraction of sp³-hybridized carbons (Fsp3) is 0.304. The van der Waals surface area contributed by atoms with Crippen molar-refractivity contribution in [3.63, 3.8) is 0 Å². The van der Waals surface area contributed by atoms with E-state index >= 15 is 0 Å². The van der Waals surface area contributed by atoms with Gasteiger partial charge < -0.3 is 14.8 Å². The highest BCUT2D eigenvalue weighted by atomic mass is 32.1. The number of nitrogens with zero attached hydrogens (tertiary/aromatic N) is 3. The molecule has 2 aromatic heterocycles. The Hall–Kier alpha value is -2.73. The predicted octanol–water partition coefficient (Wildman–Crippen LogP) is 5.31. The van der Waals surface area contributed by atoms with Crippen LogP contribution in [0.25, 0.3) is 0 Å². The molecule has 2 aliphatic rings. The van der Waals surface area contributed by atoms with Gasteiger partial charge in [-0.2, -0.15) is 0 Å². The number of rotatable bonds is 4. The minimum atomic E-state index is -0.251. The van der Waals surface area contributed by atoms with E-state index in [1.807, 2.05) is 24.4 Å². The summed E-state index contributed by atoms with van der Waals surface area (Å²) in [6.07, 6.45) is 8.96. The number of halogens is 1. The summed E-state index contributed by atoms with van der Waals surface area (Å²) in [6, 6.07) is 17.2. The summed E-state index contributed by atoms with van der Waals surface area (Å²) in [7, 11) is 0. The SMILES string of the molecule is Fc1ccc(N2C(=S)N[C@@H](c3ccccn3)[C@H]2c2cccn2C2CCCC2)cc1. The van der Waals surface area contributed by atoms with Crippen molar-refractivity contribution in [3.05, 3.63) is 84.2 Å². The van der Waals surface area contributed by atoms with Gasteiger partial charge in [0.05, 0.1) is 11.7 Å². The number of hydrogen-bond acceptors (Lipinski definition) is 2. The van der Waals surface area contributed by atoms with Crippen LogP contribution < -0.4 is 10.2 Å². The van der Waals surface area contributed by atoms with Gasteiger partial charge in [0.15, 0.2) is 5.11 Å². The number of benzene rings is 1. The molecule has 0 spiro atoms. The lowest BCUT2D eigenvalue weighted by molar-refractivity contribution is 0.461. The van der Waals surface area contributed by atoms with Crippen LogP contribution in [0.4, 0.5) is 10.1 Å². The Kier molecular flexibility index (Phi) is 4.79. The van der Waals surface area contributed by atoms with Crippen molar-refractivity contribution in [1.82, 2.24) is 14.9 Å². The quantitative estimate of drug-likeness (QED) is 0.595. The molecule has 3 heterocycles. The minimum Gasteiger partial charge on any atom is -0.351 e. The second kappa shape index (κ2) is 7.59. The van der Waals surface area contributed by atoms with Gasteiger partial charge in [-0.1, -0.05) is 18.9 Å². The molecule has 2 fully saturated rings. The zero-order valence-corrected chi connectivity index (χ0v) is 16.9. The van der Waals surface area contributed by atoms with Gasteiger partial charge in [-0.15, -0.1) is 0 Å². The maximum atomic E-state index is 13.6. The highest BCUT2D eigenvalue weighted by molar-refractivity contribution is 7.80. The van der Waals surface area contributed by atoms with Crippen molar-refractivity contribution in [2.45, 2.75) is 43.8 Å². The van der Waals surface area contributed by atoms with Gasteiger partial charge in [-0.05, 0) is 73.6 Å². The largest absolute Gasteiger partial charge is 0.351 e. The fourth-order valence-corrected chi connectivity index (χ4v) is 5.05. The third-order valence-electron chi connectivity index (χ3n) is 6.04.